The number of halogens is 1. The molecule has 0 radical (unpaired) electrons. The van der Waals surface area contributed by atoms with E-state index in [1.807, 2.05) is 52.3 Å². The van der Waals surface area contributed by atoms with Crippen LogP contribution in [-0.4, -0.2) is 77.3 Å². The molecule has 4 heterocycles. The van der Waals surface area contributed by atoms with Crippen LogP contribution in [0.1, 0.15) is 18.4 Å². The maximum absolute atomic E-state index is 13.2. The number of anilines is 1. The molecular formula is C25H31ClN6O3S. The molecule has 36 heavy (non-hydrogen) atoms. The van der Waals surface area contributed by atoms with Gasteiger partial charge in [0.15, 0.2) is 0 Å². The van der Waals surface area contributed by atoms with Gasteiger partial charge in [-0.05, 0) is 48.6 Å². The number of nitrogens with zero attached hydrogens (tertiary/aromatic N) is 6. The Morgan fingerprint density at radius 1 is 0.889 bits per heavy atom. The second-order valence-corrected chi connectivity index (χ2v) is 11.1. The van der Waals surface area contributed by atoms with E-state index in [-0.39, 0.29) is 29.8 Å². The Morgan fingerprint density at radius 2 is 1.61 bits per heavy atom. The van der Waals surface area contributed by atoms with Gasteiger partial charge in [0.2, 0.25) is 15.9 Å². The molecule has 2 aliphatic rings. The lowest BCUT2D eigenvalue weighted by molar-refractivity contribution is -0.134. The molecule has 5 rings (SSSR count). The van der Waals surface area contributed by atoms with Crippen molar-refractivity contribution in [2.75, 3.05) is 44.2 Å². The van der Waals surface area contributed by atoms with Crippen molar-refractivity contribution in [3.8, 4) is 0 Å². The zero-order chi connectivity index (χ0) is 24.3. The van der Waals surface area contributed by atoms with Gasteiger partial charge in [-0.15, -0.1) is 12.4 Å². The molecule has 3 aromatic rings. The number of piperazine rings is 1. The van der Waals surface area contributed by atoms with Crippen LogP contribution in [0.5, 0.6) is 0 Å². The number of pyridine rings is 1. The number of amides is 1. The molecule has 0 saturated carbocycles. The van der Waals surface area contributed by atoms with E-state index in [1.165, 1.54) is 9.99 Å². The molecule has 192 valence electrons. The summed E-state index contributed by atoms with van der Waals surface area (Å²) in [6.07, 6.45) is 10.9. The van der Waals surface area contributed by atoms with E-state index in [2.05, 4.69) is 14.9 Å². The van der Waals surface area contributed by atoms with Gasteiger partial charge in [-0.25, -0.2) is 13.4 Å². The summed E-state index contributed by atoms with van der Waals surface area (Å²) in [6, 6.07) is 10.9. The lowest BCUT2D eigenvalue weighted by Crippen LogP contribution is -2.53. The molecule has 0 N–H and O–H groups in total. The Balaban J connectivity index is 0.00000304. The zero-order valence-electron chi connectivity index (χ0n) is 20.0. The van der Waals surface area contributed by atoms with Crippen LogP contribution in [0.25, 0.3) is 0 Å². The molecule has 1 aromatic carbocycles. The number of imidazole rings is 1. The lowest BCUT2D eigenvalue weighted by atomic mass is 9.95. The molecule has 0 atom stereocenters. The summed E-state index contributed by atoms with van der Waals surface area (Å²) in [6.45, 7) is 3.87. The summed E-state index contributed by atoms with van der Waals surface area (Å²) >= 11 is 0. The topological polar surface area (TPSA) is 91.6 Å². The maximum Gasteiger partial charge on any atom is 0.243 e. The van der Waals surface area contributed by atoms with Gasteiger partial charge in [0.1, 0.15) is 0 Å². The number of piperidine rings is 1. The maximum atomic E-state index is 13.2. The monoisotopic (exact) mass is 530 g/mol. The average Bonchev–Trinajstić information content (AvgIpc) is 3.40. The summed E-state index contributed by atoms with van der Waals surface area (Å²) in [5.41, 5.74) is 2.17. The van der Waals surface area contributed by atoms with Crippen molar-refractivity contribution in [2.24, 2.45) is 5.92 Å². The molecule has 0 spiro atoms. The molecule has 2 aromatic heterocycles. The third-order valence-corrected chi connectivity index (χ3v) is 8.75. The van der Waals surface area contributed by atoms with Crippen molar-refractivity contribution < 1.29 is 13.2 Å². The van der Waals surface area contributed by atoms with Crippen molar-refractivity contribution in [1.82, 2.24) is 23.7 Å². The number of sulfonamides is 1. The van der Waals surface area contributed by atoms with Gasteiger partial charge in [0.25, 0.3) is 0 Å². The minimum Gasteiger partial charge on any atom is -0.371 e. The van der Waals surface area contributed by atoms with Crippen LogP contribution in [-0.2, 0) is 21.4 Å². The molecule has 0 unspecified atom stereocenters. The number of hydrogen-bond acceptors (Lipinski definition) is 6. The summed E-state index contributed by atoms with van der Waals surface area (Å²) in [4.78, 5) is 25.4. The number of rotatable bonds is 7. The predicted molar refractivity (Wildman–Crippen MR) is 140 cm³/mol. The quantitative estimate of drug-likeness (QED) is 0.466. The van der Waals surface area contributed by atoms with Gasteiger partial charge < -0.3 is 14.4 Å². The van der Waals surface area contributed by atoms with E-state index in [9.17, 15) is 13.2 Å². The summed E-state index contributed by atoms with van der Waals surface area (Å²) in [5, 5.41) is 0. The van der Waals surface area contributed by atoms with Crippen molar-refractivity contribution in [1.29, 1.82) is 0 Å². The Hall–Kier alpha value is -2.95. The van der Waals surface area contributed by atoms with Crippen LogP contribution in [0.4, 0.5) is 5.69 Å². The van der Waals surface area contributed by atoms with Crippen molar-refractivity contribution >= 4 is 34.0 Å². The van der Waals surface area contributed by atoms with Gasteiger partial charge in [0, 0.05) is 69.7 Å². The Bertz CT molecular complexity index is 1230. The normalized spacial score (nSPS) is 17.7. The van der Waals surface area contributed by atoms with Gasteiger partial charge in [0.05, 0.1) is 17.8 Å². The Labute approximate surface area is 218 Å². The Kier molecular flexibility index (Phi) is 8.28. The van der Waals surface area contributed by atoms with E-state index in [1.54, 1.807) is 24.7 Å². The van der Waals surface area contributed by atoms with Crippen LogP contribution in [0.3, 0.4) is 0 Å². The van der Waals surface area contributed by atoms with Crippen LogP contribution >= 0.6 is 12.4 Å². The molecule has 0 bridgehead atoms. The lowest BCUT2D eigenvalue weighted by Gasteiger charge is -2.38. The first-order valence-electron chi connectivity index (χ1n) is 12.0. The van der Waals surface area contributed by atoms with E-state index < -0.39 is 10.0 Å². The highest BCUT2D eigenvalue weighted by molar-refractivity contribution is 7.89. The van der Waals surface area contributed by atoms with Gasteiger partial charge in [-0.3, -0.25) is 9.78 Å². The van der Waals surface area contributed by atoms with Gasteiger partial charge in [-0.2, -0.15) is 4.31 Å². The zero-order valence-corrected chi connectivity index (χ0v) is 21.6. The number of benzene rings is 1. The molecule has 2 fully saturated rings. The third-order valence-electron chi connectivity index (χ3n) is 6.89. The smallest absolute Gasteiger partial charge is 0.243 e. The highest BCUT2D eigenvalue weighted by Crippen LogP contribution is 2.25. The minimum absolute atomic E-state index is 0. The van der Waals surface area contributed by atoms with Gasteiger partial charge in [-0.1, -0.05) is 12.1 Å². The molecule has 11 heteroatoms. The summed E-state index contributed by atoms with van der Waals surface area (Å²) < 4.78 is 29.5. The minimum atomic E-state index is -3.71. The fourth-order valence-corrected chi connectivity index (χ4v) is 6.21. The van der Waals surface area contributed by atoms with Crippen molar-refractivity contribution in [2.45, 2.75) is 24.3 Å². The fraction of sp³-hybridized carbons (Fsp3) is 0.400. The standard InChI is InChI=1S/C25H30N6O3S.ClH/c32-25-19-31(35(33,34)24-3-1-21(2-4-24)17-28-14-11-27-20-28)16-15-30(25)18-22-7-12-29(13-8-22)23-5-9-26-10-6-23;/h1-6,9-11,14,20,22H,7-8,12-13,15-19H2;1H. The largest absolute Gasteiger partial charge is 0.371 e. The van der Waals surface area contributed by atoms with E-state index in [0.717, 1.165) is 31.5 Å². The van der Waals surface area contributed by atoms with Crippen LogP contribution in [0, 0.1) is 5.92 Å². The third kappa shape index (κ3) is 5.88. The SMILES string of the molecule is Cl.O=C1CN(S(=O)(=O)c2ccc(Cn3ccnc3)cc2)CCN1CC1CCN(c2ccncc2)CC1. The molecule has 0 aliphatic carbocycles. The van der Waals surface area contributed by atoms with Crippen molar-refractivity contribution in [3.05, 3.63) is 73.1 Å². The first-order valence-corrected chi connectivity index (χ1v) is 13.4. The van der Waals surface area contributed by atoms with Gasteiger partial charge >= 0.3 is 0 Å². The number of carbonyl (C=O) groups is 1. The van der Waals surface area contributed by atoms with E-state index >= 15 is 0 Å². The second kappa shape index (κ2) is 11.4. The van der Waals surface area contributed by atoms with Crippen LogP contribution in [0.2, 0.25) is 0 Å². The molecular weight excluding hydrogens is 500 g/mol. The summed E-state index contributed by atoms with van der Waals surface area (Å²) in [7, 11) is -3.71. The first kappa shape index (κ1) is 26.1. The second-order valence-electron chi connectivity index (χ2n) is 9.19. The molecule has 2 saturated heterocycles. The highest BCUT2D eigenvalue weighted by atomic mass is 35.5. The first-order chi connectivity index (χ1) is 17.0. The Morgan fingerprint density at radius 3 is 2.25 bits per heavy atom. The van der Waals surface area contributed by atoms with E-state index in [4.69, 9.17) is 0 Å². The average molecular weight is 531 g/mol. The fourth-order valence-electron chi connectivity index (χ4n) is 4.83. The van der Waals surface area contributed by atoms with Crippen molar-refractivity contribution in [3.63, 3.8) is 0 Å². The number of carbonyl (C=O) groups excluding carboxylic acids is 1. The predicted octanol–water partition coefficient (Wildman–Crippen LogP) is 2.50. The van der Waals surface area contributed by atoms with Crippen LogP contribution < -0.4 is 4.90 Å². The number of aromatic nitrogens is 3. The summed E-state index contributed by atoms with van der Waals surface area (Å²) in [5.74, 6) is 0.316. The molecule has 1 amide bonds. The number of hydrogen-bond donors (Lipinski definition) is 0. The van der Waals surface area contributed by atoms with Crippen LogP contribution in [0.15, 0.2) is 72.4 Å². The highest BCUT2D eigenvalue weighted by Gasteiger charge is 2.34. The molecule has 9 nitrogen and oxygen atoms in total. The molecule has 2 aliphatic heterocycles. The van der Waals surface area contributed by atoms with E-state index in [0.29, 0.717) is 32.1 Å².